The summed E-state index contributed by atoms with van der Waals surface area (Å²) in [5, 5.41) is 3.21. The predicted octanol–water partition coefficient (Wildman–Crippen LogP) is 1.14. The van der Waals surface area contributed by atoms with E-state index in [-0.39, 0.29) is 0 Å². The maximum absolute atomic E-state index is 4.08. The normalized spacial score (nSPS) is 12.4. The fourth-order valence-electron chi connectivity index (χ4n) is 0.757. The van der Waals surface area contributed by atoms with Gasteiger partial charge < -0.3 is 5.32 Å². The summed E-state index contributed by atoms with van der Waals surface area (Å²) in [6.07, 6.45) is 5.33. The van der Waals surface area contributed by atoms with Gasteiger partial charge in [0.05, 0.1) is 6.54 Å². The molecule has 1 unspecified atom stereocenters. The van der Waals surface area contributed by atoms with E-state index in [0.717, 1.165) is 5.82 Å². The molecule has 1 N–H and O–H groups in total. The summed E-state index contributed by atoms with van der Waals surface area (Å²) in [4.78, 5) is 8.15. The predicted molar refractivity (Wildman–Crippen MR) is 48.5 cm³/mol. The molecule has 0 saturated heterocycles. The molecule has 1 heterocycles. The molecular formula is C9H13N3. The molecule has 0 radical (unpaired) electrons. The van der Waals surface area contributed by atoms with Crippen molar-refractivity contribution < 1.29 is 0 Å². The van der Waals surface area contributed by atoms with Gasteiger partial charge in [0.2, 0.25) is 0 Å². The molecule has 64 valence electrons. The topological polar surface area (TPSA) is 37.8 Å². The average Bonchev–Trinajstić information content (AvgIpc) is 2.16. The highest BCUT2D eigenvalue weighted by Crippen LogP contribution is 1.88. The molecule has 0 aliphatic heterocycles. The molecule has 12 heavy (non-hydrogen) atoms. The summed E-state index contributed by atoms with van der Waals surface area (Å²) in [5.41, 5.74) is 0. The summed E-state index contributed by atoms with van der Waals surface area (Å²) in [7, 11) is 0. The molecule has 1 aromatic rings. The van der Waals surface area contributed by atoms with Crippen molar-refractivity contribution in [2.75, 3.05) is 0 Å². The van der Waals surface area contributed by atoms with Crippen molar-refractivity contribution in [1.29, 1.82) is 0 Å². The fourth-order valence-corrected chi connectivity index (χ4v) is 0.757. The van der Waals surface area contributed by atoms with E-state index in [9.17, 15) is 0 Å². The molecule has 0 aliphatic carbocycles. The molecule has 0 aliphatic rings. The number of hydrogen-bond donors (Lipinski definition) is 1. The van der Waals surface area contributed by atoms with Crippen LogP contribution in [0.1, 0.15) is 12.7 Å². The molecular weight excluding hydrogens is 150 g/mol. The molecule has 0 aromatic carbocycles. The highest BCUT2D eigenvalue weighted by atomic mass is 15.0. The zero-order valence-corrected chi connectivity index (χ0v) is 7.20. The summed E-state index contributed by atoms with van der Waals surface area (Å²) >= 11 is 0. The van der Waals surface area contributed by atoms with Gasteiger partial charge in [-0.2, -0.15) is 0 Å². The van der Waals surface area contributed by atoms with Crippen molar-refractivity contribution in [2.24, 2.45) is 0 Å². The van der Waals surface area contributed by atoms with E-state index in [1.54, 1.807) is 18.5 Å². The third kappa shape index (κ3) is 2.80. The number of hydrogen-bond acceptors (Lipinski definition) is 3. The minimum atomic E-state index is 0.300. The Bertz CT molecular complexity index is 233. The second-order valence-electron chi connectivity index (χ2n) is 2.57. The van der Waals surface area contributed by atoms with Crippen LogP contribution in [0.3, 0.4) is 0 Å². The van der Waals surface area contributed by atoms with Gasteiger partial charge in [-0.05, 0) is 13.0 Å². The summed E-state index contributed by atoms with van der Waals surface area (Å²) in [5.74, 6) is 0.811. The Hall–Kier alpha value is -1.22. The maximum atomic E-state index is 4.08. The average molecular weight is 163 g/mol. The van der Waals surface area contributed by atoms with E-state index in [4.69, 9.17) is 0 Å². The van der Waals surface area contributed by atoms with E-state index in [0.29, 0.717) is 12.6 Å². The zero-order valence-electron chi connectivity index (χ0n) is 7.20. The van der Waals surface area contributed by atoms with Crippen LogP contribution in [0.15, 0.2) is 31.1 Å². The summed E-state index contributed by atoms with van der Waals surface area (Å²) in [6, 6.07) is 2.11. The maximum Gasteiger partial charge on any atom is 0.141 e. The molecule has 0 fully saturated rings. The van der Waals surface area contributed by atoms with Crippen LogP contribution in [0.2, 0.25) is 0 Å². The van der Waals surface area contributed by atoms with Crippen LogP contribution in [0.4, 0.5) is 0 Å². The summed E-state index contributed by atoms with van der Waals surface area (Å²) < 4.78 is 0. The number of rotatable bonds is 4. The molecule has 3 heteroatoms. The molecule has 3 nitrogen and oxygen atoms in total. The lowest BCUT2D eigenvalue weighted by Crippen LogP contribution is -2.23. The molecule has 0 saturated carbocycles. The molecule has 1 atom stereocenters. The first-order valence-corrected chi connectivity index (χ1v) is 3.94. The quantitative estimate of drug-likeness (QED) is 0.676. The van der Waals surface area contributed by atoms with Crippen LogP contribution < -0.4 is 5.32 Å². The molecule has 1 aromatic heterocycles. The zero-order chi connectivity index (χ0) is 8.81. The minimum absolute atomic E-state index is 0.300. The van der Waals surface area contributed by atoms with Gasteiger partial charge in [-0.1, -0.05) is 6.08 Å². The van der Waals surface area contributed by atoms with Crippen LogP contribution in [0.25, 0.3) is 0 Å². The van der Waals surface area contributed by atoms with E-state index in [1.807, 2.05) is 13.0 Å². The van der Waals surface area contributed by atoms with Crippen molar-refractivity contribution in [1.82, 2.24) is 15.3 Å². The first kappa shape index (κ1) is 8.87. The van der Waals surface area contributed by atoms with Gasteiger partial charge in [0.25, 0.3) is 0 Å². The lowest BCUT2D eigenvalue weighted by Gasteiger charge is -2.06. The Morgan fingerprint density at radius 2 is 2.25 bits per heavy atom. The first-order chi connectivity index (χ1) is 5.83. The number of nitrogens with zero attached hydrogens (tertiary/aromatic N) is 2. The van der Waals surface area contributed by atoms with Crippen molar-refractivity contribution in [3.05, 3.63) is 36.9 Å². The SMILES string of the molecule is C=CC(C)NCc1ncccn1. The Morgan fingerprint density at radius 3 is 2.83 bits per heavy atom. The molecule has 0 amide bonds. The van der Waals surface area contributed by atoms with Gasteiger partial charge in [0.1, 0.15) is 5.82 Å². The van der Waals surface area contributed by atoms with Crippen molar-refractivity contribution in [3.8, 4) is 0 Å². The van der Waals surface area contributed by atoms with Gasteiger partial charge in [0.15, 0.2) is 0 Å². The Labute approximate surface area is 72.6 Å². The molecule has 0 bridgehead atoms. The second-order valence-corrected chi connectivity index (χ2v) is 2.57. The van der Waals surface area contributed by atoms with Crippen molar-refractivity contribution >= 4 is 0 Å². The van der Waals surface area contributed by atoms with Gasteiger partial charge in [-0.15, -0.1) is 6.58 Å². The van der Waals surface area contributed by atoms with E-state index in [1.165, 1.54) is 0 Å². The van der Waals surface area contributed by atoms with E-state index < -0.39 is 0 Å². The van der Waals surface area contributed by atoms with Gasteiger partial charge >= 0.3 is 0 Å². The third-order valence-electron chi connectivity index (χ3n) is 1.55. The fraction of sp³-hybridized carbons (Fsp3) is 0.333. The van der Waals surface area contributed by atoms with Gasteiger partial charge in [-0.25, -0.2) is 9.97 Å². The number of nitrogens with one attached hydrogen (secondary N) is 1. The van der Waals surface area contributed by atoms with Crippen LogP contribution in [-0.2, 0) is 6.54 Å². The van der Waals surface area contributed by atoms with Crippen molar-refractivity contribution in [3.63, 3.8) is 0 Å². The van der Waals surface area contributed by atoms with Crippen LogP contribution in [-0.4, -0.2) is 16.0 Å². The highest BCUT2D eigenvalue weighted by molar-refractivity contribution is 4.90. The van der Waals surface area contributed by atoms with Crippen molar-refractivity contribution in [2.45, 2.75) is 19.5 Å². The standard InChI is InChI=1S/C9H13N3/c1-3-8(2)12-7-9-10-5-4-6-11-9/h3-6,8,12H,1,7H2,2H3. The van der Waals surface area contributed by atoms with Crippen LogP contribution in [0.5, 0.6) is 0 Å². The summed E-state index contributed by atoms with van der Waals surface area (Å²) in [6.45, 7) is 6.40. The third-order valence-corrected chi connectivity index (χ3v) is 1.55. The van der Waals surface area contributed by atoms with Gasteiger partial charge in [-0.3, -0.25) is 0 Å². The van der Waals surface area contributed by atoms with Gasteiger partial charge in [0, 0.05) is 18.4 Å². The molecule has 1 rings (SSSR count). The van der Waals surface area contributed by atoms with E-state index in [2.05, 4.69) is 21.9 Å². The molecule has 0 spiro atoms. The van der Waals surface area contributed by atoms with E-state index >= 15 is 0 Å². The Kier molecular flexibility index (Phi) is 3.41. The highest BCUT2D eigenvalue weighted by Gasteiger charge is 1.96. The number of aromatic nitrogens is 2. The largest absolute Gasteiger partial charge is 0.304 e. The minimum Gasteiger partial charge on any atom is -0.304 e. The Balaban J connectivity index is 2.38. The van der Waals surface area contributed by atoms with Crippen LogP contribution in [0, 0.1) is 0 Å². The first-order valence-electron chi connectivity index (χ1n) is 3.94. The second kappa shape index (κ2) is 4.62. The smallest absolute Gasteiger partial charge is 0.141 e. The Morgan fingerprint density at radius 1 is 1.58 bits per heavy atom. The monoisotopic (exact) mass is 163 g/mol. The lowest BCUT2D eigenvalue weighted by atomic mass is 10.3. The lowest BCUT2D eigenvalue weighted by molar-refractivity contribution is 0.612. The van der Waals surface area contributed by atoms with Crippen LogP contribution >= 0.6 is 0 Å².